The van der Waals surface area contributed by atoms with E-state index in [2.05, 4.69) is 41.2 Å². The van der Waals surface area contributed by atoms with Crippen molar-refractivity contribution in [2.45, 2.75) is 26.6 Å². The fourth-order valence-electron chi connectivity index (χ4n) is 4.56. The average molecular weight is 495 g/mol. The molecule has 0 saturated heterocycles. The van der Waals surface area contributed by atoms with E-state index in [-0.39, 0.29) is 5.56 Å². The first kappa shape index (κ1) is 24.3. The fraction of sp³-hybridized carbons (Fsp3) is 0.200. The van der Waals surface area contributed by atoms with Crippen LogP contribution in [0.2, 0.25) is 0 Å². The van der Waals surface area contributed by atoms with Gasteiger partial charge in [0.05, 0.1) is 25.6 Å². The second-order valence-electron chi connectivity index (χ2n) is 9.14. The van der Waals surface area contributed by atoms with E-state index in [1.165, 1.54) is 10.1 Å². The third kappa shape index (κ3) is 5.57. The number of fused-ring (bicyclic) bond motifs is 1. The van der Waals surface area contributed by atoms with Crippen LogP contribution >= 0.6 is 0 Å². The van der Waals surface area contributed by atoms with Crippen molar-refractivity contribution >= 4 is 5.65 Å². The SMILES string of the molecule is COc1ccc(CN(Cc2ccccc2)Cc2cc(=O)n3[nH]c(-c4cccc(C)c4)cc3n2)cc1OC. The number of hydrogen-bond acceptors (Lipinski definition) is 5. The van der Waals surface area contributed by atoms with Crippen molar-refractivity contribution in [2.24, 2.45) is 0 Å². The van der Waals surface area contributed by atoms with Crippen molar-refractivity contribution in [1.82, 2.24) is 19.5 Å². The van der Waals surface area contributed by atoms with Crippen LogP contribution in [-0.4, -0.2) is 33.7 Å². The quantitative estimate of drug-likeness (QED) is 0.304. The summed E-state index contributed by atoms with van der Waals surface area (Å²) in [7, 11) is 3.27. The van der Waals surface area contributed by atoms with Crippen LogP contribution in [0.3, 0.4) is 0 Å². The molecule has 0 radical (unpaired) electrons. The lowest BCUT2D eigenvalue weighted by molar-refractivity contribution is 0.244. The number of benzene rings is 3. The lowest BCUT2D eigenvalue weighted by atomic mass is 10.1. The number of aromatic nitrogens is 3. The van der Waals surface area contributed by atoms with Gasteiger partial charge in [0.15, 0.2) is 17.1 Å². The molecule has 5 rings (SSSR count). The predicted molar refractivity (Wildman–Crippen MR) is 145 cm³/mol. The lowest BCUT2D eigenvalue weighted by Gasteiger charge is -2.23. The van der Waals surface area contributed by atoms with E-state index in [0.717, 1.165) is 28.1 Å². The third-order valence-electron chi connectivity index (χ3n) is 6.32. The Morgan fingerprint density at radius 2 is 1.59 bits per heavy atom. The van der Waals surface area contributed by atoms with E-state index in [0.29, 0.717) is 36.8 Å². The minimum Gasteiger partial charge on any atom is -0.493 e. The van der Waals surface area contributed by atoms with Crippen LogP contribution in [-0.2, 0) is 19.6 Å². The molecule has 0 fully saturated rings. The van der Waals surface area contributed by atoms with E-state index >= 15 is 0 Å². The molecule has 7 heteroatoms. The highest BCUT2D eigenvalue weighted by atomic mass is 16.5. The zero-order valence-electron chi connectivity index (χ0n) is 21.3. The largest absolute Gasteiger partial charge is 0.493 e. The summed E-state index contributed by atoms with van der Waals surface area (Å²) in [6.07, 6.45) is 0. The summed E-state index contributed by atoms with van der Waals surface area (Å²) in [5.74, 6) is 1.38. The molecule has 0 aliphatic rings. The number of aryl methyl sites for hydroxylation is 1. The molecule has 0 unspecified atom stereocenters. The van der Waals surface area contributed by atoms with Crippen molar-refractivity contribution < 1.29 is 9.47 Å². The first-order chi connectivity index (χ1) is 18.0. The number of ether oxygens (including phenoxy) is 2. The number of hydrogen-bond donors (Lipinski definition) is 1. The van der Waals surface area contributed by atoms with Gasteiger partial charge in [-0.15, -0.1) is 0 Å². The number of methoxy groups -OCH3 is 2. The highest BCUT2D eigenvalue weighted by Crippen LogP contribution is 2.28. The molecule has 2 aromatic heterocycles. The number of aromatic amines is 1. The Morgan fingerprint density at radius 3 is 2.35 bits per heavy atom. The van der Waals surface area contributed by atoms with Crippen molar-refractivity contribution in [3.63, 3.8) is 0 Å². The summed E-state index contributed by atoms with van der Waals surface area (Å²) in [5.41, 5.74) is 6.48. The molecule has 37 heavy (non-hydrogen) atoms. The van der Waals surface area contributed by atoms with Crippen LogP contribution in [0.15, 0.2) is 89.7 Å². The number of nitrogens with zero attached hydrogens (tertiary/aromatic N) is 3. The van der Waals surface area contributed by atoms with Crippen molar-refractivity contribution in [3.05, 3.63) is 118 Å². The third-order valence-corrected chi connectivity index (χ3v) is 6.32. The second kappa shape index (κ2) is 10.7. The lowest BCUT2D eigenvalue weighted by Crippen LogP contribution is -2.25. The van der Waals surface area contributed by atoms with Crippen LogP contribution in [0.5, 0.6) is 11.5 Å². The molecular weight excluding hydrogens is 464 g/mol. The molecule has 7 nitrogen and oxygen atoms in total. The summed E-state index contributed by atoms with van der Waals surface area (Å²) in [5, 5.41) is 3.19. The zero-order chi connectivity index (χ0) is 25.8. The maximum atomic E-state index is 13.0. The van der Waals surface area contributed by atoms with Crippen LogP contribution in [0, 0.1) is 6.92 Å². The Bertz CT molecular complexity index is 1570. The Morgan fingerprint density at radius 1 is 0.811 bits per heavy atom. The van der Waals surface area contributed by atoms with Gasteiger partial charge < -0.3 is 9.47 Å². The molecule has 0 spiro atoms. The first-order valence-electron chi connectivity index (χ1n) is 12.2. The maximum Gasteiger partial charge on any atom is 0.272 e. The normalized spacial score (nSPS) is 11.2. The first-order valence-corrected chi connectivity index (χ1v) is 12.2. The van der Waals surface area contributed by atoms with Gasteiger partial charge in [-0.25, -0.2) is 9.50 Å². The summed E-state index contributed by atoms with van der Waals surface area (Å²) >= 11 is 0. The van der Waals surface area contributed by atoms with E-state index in [1.54, 1.807) is 20.3 Å². The molecular formula is C30H30N4O3. The van der Waals surface area contributed by atoms with Crippen LogP contribution in [0.4, 0.5) is 0 Å². The van der Waals surface area contributed by atoms with Crippen LogP contribution in [0.1, 0.15) is 22.4 Å². The van der Waals surface area contributed by atoms with E-state index < -0.39 is 0 Å². The summed E-state index contributed by atoms with van der Waals surface area (Å²) in [4.78, 5) is 20.1. The number of nitrogens with one attached hydrogen (secondary N) is 1. The van der Waals surface area contributed by atoms with Gasteiger partial charge in [-0.3, -0.25) is 14.8 Å². The van der Waals surface area contributed by atoms with E-state index in [4.69, 9.17) is 14.5 Å². The minimum atomic E-state index is -0.135. The Balaban J connectivity index is 1.46. The molecule has 0 amide bonds. The van der Waals surface area contributed by atoms with Gasteiger partial charge in [-0.05, 0) is 41.8 Å². The van der Waals surface area contributed by atoms with Crippen LogP contribution in [0.25, 0.3) is 16.9 Å². The number of rotatable bonds is 9. The molecule has 2 heterocycles. The molecule has 0 saturated carbocycles. The molecule has 0 atom stereocenters. The van der Waals surface area contributed by atoms with E-state index in [1.807, 2.05) is 54.6 Å². The molecule has 5 aromatic rings. The smallest absolute Gasteiger partial charge is 0.272 e. The van der Waals surface area contributed by atoms with Crippen molar-refractivity contribution in [1.29, 1.82) is 0 Å². The zero-order valence-corrected chi connectivity index (χ0v) is 21.3. The van der Waals surface area contributed by atoms with Gasteiger partial charge in [-0.1, -0.05) is 60.2 Å². The fourth-order valence-corrected chi connectivity index (χ4v) is 4.56. The monoisotopic (exact) mass is 494 g/mol. The average Bonchev–Trinajstić information content (AvgIpc) is 3.34. The van der Waals surface area contributed by atoms with Gasteiger partial charge >= 0.3 is 0 Å². The standard InChI is InChI=1S/C30H30N4O3/c1-21-8-7-11-24(14-21)26-17-29-31-25(16-30(35)34(29)32-26)20-33(18-22-9-5-4-6-10-22)19-23-12-13-27(36-2)28(15-23)37-3/h4-17,32H,18-20H2,1-3H3. The highest BCUT2D eigenvalue weighted by Gasteiger charge is 2.14. The Hall–Kier alpha value is -4.36. The topological polar surface area (TPSA) is 71.9 Å². The van der Waals surface area contributed by atoms with Crippen molar-refractivity contribution in [2.75, 3.05) is 14.2 Å². The minimum absolute atomic E-state index is 0.135. The van der Waals surface area contributed by atoms with Gasteiger partial charge in [0.25, 0.3) is 5.56 Å². The molecule has 3 aromatic carbocycles. The molecule has 0 aliphatic heterocycles. The summed E-state index contributed by atoms with van der Waals surface area (Å²) < 4.78 is 12.4. The highest BCUT2D eigenvalue weighted by molar-refractivity contribution is 5.64. The van der Waals surface area contributed by atoms with Crippen LogP contribution < -0.4 is 15.0 Å². The number of H-pyrrole nitrogens is 1. The van der Waals surface area contributed by atoms with Gasteiger partial charge in [0, 0.05) is 31.8 Å². The van der Waals surface area contributed by atoms with Crippen molar-refractivity contribution in [3.8, 4) is 22.8 Å². The summed E-state index contributed by atoms with van der Waals surface area (Å²) in [6.45, 7) is 3.92. The molecule has 188 valence electrons. The Labute approximate surface area is 215 Å². The Kier molecular flexibility index (Phi) is 7.05. The van der Waals surface area contributed by atoms with Gasteiger partial charge in [-0.2, -0.15) is 0 Å². The summed E-state index contributed by atoms with van der Waals surface area (Å²) in [6, 6.07) is 27.9. The molecule has 1 N–H and O–H groups in total. The maximum absolute atomic E-state index is 13.0. The molecule has 0 bridgehead atoms. The van der Waals surface area contributed by atoms with E-state index in [9.17, 15) is 4.79 Å². The second-order valence-corrected chi connectivity index (χ2v) is 9.14. The van der Waals surface area contributed by atoms with Gasteiger partial charge in [0.1, 0.15) is 0 Å². The molecule has 0 aliphatic carbocycles. The predicted octanol–water partition coefficient (Wildman–Crippen LogP) is 5.22. The van der Waals surface area contributed by atoms with Gasteiger partial charge in [0.2, 0.25) is 0 Å².